The third-order valence-electron chi connectivity index (χ3n) is 4.08. The number of hydrogen-bond acceptors (Lipinski definition) is 7. The summed E-state index contributed by atoms with van der Waals surface area (Å²) in [6, 6.07) is 10.9. The third kappa shape index (κ3) is 6.04. The number of aromatic nitrogens is 1. The van der Waals surface area contributed by atoms with Crippen LogP contribution in [0.25, 0.3) is 0 Å². The number of amides is 1. The zero-order valence-corrected chi connectivity index (χ0v) is 19.1. The molecular weight excluding hydrogens is 444 g/mol. The Balaban J connectivity index is 1.56. The number of nitrogens with one attached hydrogen (secondary N) is 1. The maximum Gasteiger partial charge on any atom is 0.230 e. The van der Waals surface area contributed by atoms with Gasteiger partial charge < -0.3 is 19.5 Å². The van der Waals surface area contributed by atoms with Crippen LogP contribution in [0.4, 0.5) is 5.69 Å². The molecule has 2 aromatic carbocycles. The van der Waals surface area contributed by atoms with Crippen molar-refractivity contribution in [3.8, 4) is 17.2 Å². The van der Waals surface area contributed by atoms with E-state index in [0.29, 0.717) is 16.5 Å². The third-order valence-corrected chi connectivity index (χ3v) is 6.52. The summed E-state index contributed by atoms with van der Waals surface area (Å²) < 4.78 is 16.6. The fourth-order valence-electron chi connectivity index (χ4n) is 2.64. The number of thioether (sulfide) groups is 1. The van der Waals surface area contributed by atoms with Gasteiger partial charge in [0.05, 0.1) is 38.5 Å². The SMILES string of the molecule is COc1cc(CSc2nc(CC(=O)Nc3ccc(OC)c(Cl)c3)cs2)cc(OC)c1. The van der Waals surface area contributed by atoms with Crippen LogP contribution in [0.15, 0.2) is 46.1 Å². The van der Waals surface area contributed by atoms with Gasteiger partial charge in [0.2, 0.25) is 5.91 Å². The van der Waals surface area contributed by atoms with Gasteiger partial charge in [-0.25, -0.2) is 4.98 Å². The Bertz CT molecular complexity index is 1000. The van der Waals surface area contributed by atoms with Gasteiger partial charge in [-0.05, 0) is 35.9 Å². The predicted molar refractivity (Wildman–Crippen MR) is 122 cm³/mol. The van der Waals surface area contributed by atoms with E-state index in [4.69, 9.17) is 25.8 Å². The lowest BCUT2D eigenvalue weighted by atomic mass is 10.2. The van der Waals surface area contributed by atoms with Gasteiger partial charge in [-0.15, -0.1) is 11.3 Å². The van der Waals surface area contributed by atoms with Crippen molar-refractivity contribution in [2.24, 2.45) is 0 Å². The Morgan fingerprint density at radius 1 is 1.10 bits per heavy atom. The molecule has 1 amide bonds. The molecule has 0 aliphatic heterocycles. The van der Waals surface area contributed by atoms with Crippen molar-refractivity contribution in [1.82, 2.24) is 4.98 Å². The molecule has 0 aliphatic carbocycles. The summed E-state index contributed by atoms with van der Waals surface area (Å²) in [4.78, 5) is 16.9. The number of rotatable bonds is 9. The Labute approximate surface area is 188 Å². The average molecular weight is 465 g/mol. The van der Waals surface area contributed by atoms with Crippen molar-refractivity contribution < 1.29 is 19.0 Å². The molecular formula is C21H21ClN2O4S2. The average Bonchev–Trinajstić information content (AvgIpc) is 3.19. The lowest BCUT2D eigenvalue weighted by Crippen LogP contribution is -2.14. The smallest absolute Gasteiger partial charge is 0.230 e. The van der Waals surface area contributed by atoms with Gasteiger partial charge in [-0.2, -0.15) is 0 Å². The minimum absolute atomic E-state index is 0.157. The number of carbonyl (C=O) groups is 1. The highest BCUT2D eigenvalue weighted by Gasteiger charge is 2.11. The zero-order chi connectivity index (χ0) is 21.5. The molecule has 0 unspecified atom stereocenters. The van der Waals surface area contributed by atoms with Gasteiger partial charge in [0.15, 0.2) is 0 Å². The first-order valence-corrected chi connectivity index (χ1v) is 11.2. The molecule has 0 radical (unpaired) electrons. The van der Waals surface area contributed by atoms with E-state index in [2.05, 4.69) is 10.3 Å². The highest BCUT2D eigenvalue weighted by Crippen LogP contribution is 2.30. The molecule has 0 saturated heterocycles. The van der Waals surface area contributed by atoms with Crippen LogP contribution in [-0.2, 0) is 17.0 Å². The summed E-state index contributed by atoms with van der Waals surface area (Å²) in [5, 5.41) is 5.17. The summed E-state index contributed by atoms with van der Waals surface area (Å²) in [5.41, 5.74) is 2.41. The lowest BCUT2D eigenvalue weighted by molar-refractivity contribution is -0.115. The minimum Gasteiger partial charge on any atom is -0.497 e. The largest absolute Gasteiger partial charge is 0.497 e. The van der Waals surface area contributed by atoms with Gasteiger partial charge in [0.25, 0.3) is 0 Å². The molecule has 3 aromatic rings. The van der Waals surface area contributed by atoms with Crippen molar-refractivity contribution in [1.29, 1.82) is 0 Å². The normalized spacial score (nSPS) is 10.5. The lowest BCUT2D eigenvalue weighted by Gasteiger charge is -2.08. The molecule has 0 saturated carbocycles. The van der Waals surface area contributed by atoms with Crippen LogP contribution in [0.2, 0.25) is 5.02 Å². The summed E-state index contributed by atoms with van der Waals surface area (Å²) in [5.74, 6) is 2.62. The molecule has 30 heavy (non-hydrogen) atoms. The van der Waals surface area contributed by atoms with Crippen molar-refractivity contribution in [2.75, 3.05) is 26.6 Å². The Morgan fingerprint density at radius 2 is 1.83 bits per heavy atom. The molecule has 0 aliphatic rings. The number of ether oxygens (including phenoxy) is 3. The number of anilines is 1. The highest BCUT2D eigenvalue weighted by atomic mass is 35.5. The first kappa shape index (κ1) is 22.3. The molecule has 158 valence electrons. The van der Waals surface area contributed by atoms with Crippen molar-refractivity contribution in [3.05, 3.63) is 58.1 Å². The zero-order valence-electron chi connectivity index (χ0n) is 16.7. The highest BCUT2D eigenvalue weighted by molar-refractivity contribution is 8.00. The second-order valence-electron chi connectivity index (χ2n) is 6.19. The molecule has 0 atom stereocenters. The Morgan fingerprint density at radius 3 is 2.47 bits per heavy atom. The van der Waals surface area contributed by atoms with Gasteiger partial charge >= 0.3 is 0 Å². The number of thiazole rings is 1. The van der Waals surface area contributed by atoms with Crippen LogP contribution in [0, 0.1) is 0 Å². The van der Waals surface area contributed by atoms with E-state index < -0.39 is 0 Å². The van der Waals surface area contributed by atoms with E-state index in [1.165, 1.54) is 11.3 Å². The van der Waals surface area contributed by atoms with E-state index in [1.54, 1.807) is 51.3 Å². The summed E-state index contributed by atoms with van der Waals surface area (Å²) in [7, 11) is 4.80. The standard InChI is InChI=1S/C21H21ClN2O4S2/c1-26-16-6-13(7-17(10-16)27-2)11-29-21-24-15(12-30-21)9-20(25)23-14-4-5-19(28-3)18(22)8-14/h4-8,10,12H,9,11H2,1-3H3,(H,23,25). The molecule has 1 N–H and O–H groups in total. The van der Waals surface area contributed by atoms with E-state index in [0.717, 1.165) is 32.8 Å². The van der Waals surface area contributed by atoms with Gasteiger partial charge in [-0.3, -0.25) is 4.79 Å². The van der Waals surface area contributed by atoms with Crippen LogP contribution in [-0.4, -0.2) is 32.2 Å². The molecule has 1 aromatic heterocycles. The molecule has 0 spiro atoms. The monoisotopic (exact) mass is 464 g/mol. The Hall–Kier alpha value is -2.42. The van der Waals surface area contributed by atoms with Crippen LogP contribution in [0.3, 0.4) is 0 Å². The van der Waals surface area contributed by atoms with Crippen LogP contribution in [0.1, 0.15) is 11.3 Å². The molecule has 0 bridgehead atoms. The predicted octanol–water partition coefficient (Wildman–Crippen LogP) is 5.30. The topological polar surface area (TPSA) is 69.7 Å². The number of benzene rings is 2. The maximum atomic E-state index is 12.3. The number of carbonyl (C=O) groups excluding carboxylic acids is 1. The van der Waals surface area contributed by atoms with Crippen molar-refractivity contribution in [3.63, 3.8) is 0 Å². The molecule has 1 heterocycles. The number of methoxy groups -OCH3 is 3. The van der Waals surface area contributed by atoms with Gasteiger partial charge in [-0.1, -0.05) is 23.4 Å². The van der Waals surface area contributed by atoms with E-state index in [9.17, 15) is 4.79 Å². The molecule has 9 heteroatoms. The maximum absolute atomic E-state index is 12.3. The van der Waals surface area contributed by atoms with Crippen molar-refractivity contribution in [2.45, 2.75) is 16.5 Å². The molecule has 6 nitrogen and oxygen atoms in total. The van der Waals surface area contributed by atoms with Gasteiger partial charge in [0.1, 0.15) is 21.6 Å². The van der Waals surface area contributed by atoms with Crippen LogP contribution < -0.4 is 19.5 Å². The fourth-order valence-corrected chi connectivity index (χ4v) is 4.68. The fraction of sp³-hybridized carbons (Fsp3) is 0.238. The number of nitrogens with zero attached hydrogens (tertiary/aromatic N) is 1. The van der Waals surface area contributed by atoms with Crippen LogP contribution in [0.5, 0.6) is 17.2 Å². The summed E-state index contributed by atoms with van der Waals surface area (Å²) in [6.45, 7) is 0. The van der Waals surface area contributed by atoms with Crippen LogP contribution >= 0.6 is 34.7 Å². The summed E-state index contributed by atoms with van der Waals surface area (Å²) in [6.07, 6.45) is 0.188. The minimum atomic E-state index is -0.157. The van der Waals surface area contributed by atoms with E-state index in [1.807, 2.05) is 23.6 Å². The first-order valence-electron chi connectivity index (χ1n) is 8.93. The number of halogens is 1. The Kier molecular flexibility index (Phi) is 7.84. The second kappa shape index (κ2) is 10.6. The molecule has 3 rings (SSSR count). The summed E-state index contributed by atoms with van der Waals surface area (Å²) >= 11 is 9.21. The quantitative estimate of drug-likeness (QED) is 0.433. The van der Waals surface area contributed by atoms with E-state index in [-0.39, 0.29) is 12.3 Å². The number of hydrogen-bond donors (Lipinski definition) is 1. The van der Waals surface area contributed by atoms with Crippen molar-refractivity contribution >= 4 is 46.3 Å². The molecule has 0 fully saturated rings. The first-order chi connectivity index (χ1) is 14.5. The second-order valence-corrected chi connectivity index (χ2v) is 8.68. The van der Waals surface area contributed by atoms with E-state index >= 15 is 0 Å². The van der Waals surface area contributed by atoms with Gasteiger partial charge in [0, 0.05) is 22.9 Å².